The van der Waals surface area contributed by atoms with Gasteiger partial charge in [-0.25, -0.2) is 0 Å². The van der Waals surface area contributed by atoms with Crippen LogP contribution in [0.25, 0.3) is 16.7 Å². The lowest BCUT2D eigenvalue weighted by Crippen LogP contribution is -1.97. The Kier molecular flexibility index (Phi) is 1.85. The third-order valence-electron chi connectivity index (χ3n) is 2.02. The summed E-state index contributed by atoms with van der Waals surface area (Å²) in [6.45, 7) is 3.96. The van der Waals surface area contributed by atoms with Crippen LogP contribution in [0.1, 0.15) is 13.8 Å². The van der Waals surface area contributed by atoms with Gasteiger partial charge in [-0.2, -0.15) is 4.80 Å². The summed E-state index contributed by atoms with van der Waals surface area (Å²) in [5, 5.41) is 8.64. The molecule has 0 aliphatic heterocycles. The van der Waals surface area contributed by atoms with E-state index in [-0.39, 0.29) is 0 Å². The lowest BCUT2D eigenvalue weighted by atomic mass is 10.3. The molecule has 2 rings (SSSR count). The second-order valence-corrected chi connectivity index (χ2v) is 2.91. The highest BCUT2D eigenvalue weighted by atomic mass is 15.5. The number of aromatic nitrogens is 3. The Bertz CT molecular complexity index is 421. The number of hydrogen-bond donors (Lipinski definition) is 0. The van der Waals surface area contributed by atoms with Crippen LogP contribution in [0, 0.1) is 0 Å². The number of nitrogens with zero attached hydrogens (tertiary/aromatic N) is 3. The van der Waals surface area contributed by atoms with Crippen molar-refractivity contribution in [3.8, 4) is 0 Å². The van der Waals surface area contributed by atoms with Crippen LogP contribution in [0.15, 0.2) is 30.3 Å². The molecule has 0 aliphatic rings. The van der Waals surface area contributed by atoms with E-state index in [4.69, 9.17) is 0 Å². The Hall–Kier alpha value is -1.64. The van der Waals surface area contributed by atoms with Crippen molar-refractivity contribution in [1.29, 1.82) is 0 Å². The van der Waals surface area contributed by atoms with Gasteiger partial charge in [0.05, 0.1) is 5.70 Å². The highest BCUT2D eigenvalue weighted by Crippen LogP contribution is 2.09. The van der Waals surface area contributed by atoms with E-state index >= 15 is 0 Å². The molecule has 0 atom stereocenters. The minimum Gasteiger partial charge on any atom is -0.155 e. The smallest absolute Gasteiger partial charge is 0.113 e. The van der Waals surface area contributed by atoms with Crippen molar-refractivity contribution in [2.24, 2.45) is 0 Å². The molecule has 1 aromatic carbocycles. The summed E-state index contributed by atoms with van der Waals surface area (Å²) < 4.78 is 0. The van der Waals surface area contributed by atoms with Crippen LogP contribution >= 0.6 is 0 Å². The Labute approximate surface area is 76.7 Å². The number of hydrogen-bond acceptors (Lipinski definition) is 2. The topological polar surface area (TPSA) is 30.7 Å². The molecule has 0 radical (unpaired) electrons. The first-order valence-electron chi connectivity index (χ1n) is 4.26. The zero-order valence-corrected chi connectivity index (χ0v) is 7.73. The predicted octanol–water partition coefficient (Wildman–Crippen LogP) is 2.31. The minimum atomic E-state index is 0.934. The fourth-order valence-corrected chi connectivity index (χ4v) is 1.13. The summed E-state index contributed by atoms with van der Waals surface area (Å²) in [5.41, 5.74) is 2.91. The van der Waals surface area contributed by atoms with Crippen molar-refractivity contribution in [2.75, 3.05) is 0 Å². The molecule has 2 aromatic rings. The zero-order valence-electron chi connectivity index (χ0n) is 7.73. The Morgan fingerprint density at radius 3 is 2.23 bits per heavy atom. The summed E-state index contributed by atoms with van der Waals surface area (Å²) in [6.07, 6.45) is 1.98. The van der Waals surface area contributed by atoms with Gasteiger partial charge in [-0.15, -0.1) is 10.2 Å². The molecule has 66 valence electrons. The van der Waals surface area contributed by atoms with Crippen LogP contribution in [-0.4, -0.2) is 15.0 Å². The molecule has 0 N–H and O–H groups in total. The van der Waals surface area contributed by atoms with E-state index in [1.807, 2.05) is 44.2 Å². The average molecular weight is 173 g/mol. The maximum atomic E-state index is 4.32. The molecule has 0 saturated heterocycles. The van der Waals surface area contributed by atoms with Gasteiger partial charge < -0.3 is 0 Å². The summed E-state index contributed by atoms with van der Waals surface area (Å²) >= 11 is 0. The largest absolute Gasteiger partial charge is 0.155 e. The SMILES string of the molecule is C/C=C(\C)n1nc2ccccc2n1. The van der Waals surface area contributed by atoms with Crippen molar-refractivity contribution in [3.05, 3.63) is 30.3 Å². The van der Waals surface area contributed by atoms with Crippen molar-refractivity contribution < 1.29 is 0 Å². The zero-order chi connectivity index (χ0) is 9.26. The Morgan fingerprint density at radius 1 is 1.23 bits per heavy atom. The van der Waals surface area contributed by atoms with Gasteiger partial charge in [-0.3, -0.25) is 0 Å². The summed E-state index contributed by atoms with van der Waals surface area (Å²) in [4.78, 5) is 1.66. The van der Waals surface area contributed by atoms with E-state index in [2.05, 4.69) is 10.2 Å². The van der Waals surface area contributed by atoms with Gasteiger partial charge in [-0.05, 0) is 26.0 Å². The molecule has 0 bridgehead atoms. The number of rotatable bonds is 1. The first kappa shape index (κ1) is 7.98. The molecule has 1 heterocycles. The third-order valence-corrected chi connectivity index (χ3v) is 2.02. The van der Waals surface area contributed by atoms with Gasteiger partial charge in [0.15, 0.2) is 0 Å². The molecule has 0 aliphatic carbocycles. The normalized spacial score (nSPS) is 12.3. The predicted molar refractivity (Wildman–Crippen MR) is 53.1 cm³/mol. The number of allylic oxidation sites excluding steroid dienone is 2. The summed E-state index contributed by atoms with van der Waals surface area (Å²) in [5.74, 6) is 0. The first-order valence-corrected chi connectivity index (χ1v) is 4.26. The molecule has 0 saturated carbocycles. The fourth-order valence-electron chi connectivity index (χ4n) is 1.13. The van der Waals surface area contributed by atoms with E-state index < -0.39 is 0 Å². The quantitative estimate of drug-likeness (QED) is 0.662. The van der Waals surface area contributed by atoms with Gasteiger partial charge in [0.25, 0.3) is 0 Å². The van der Waals surface area contributed by atoms with E-state index in [9.17, 15) is 0 Å². The number of fused-ring (bicyclic) bond motifs is 1. The highest BCUT2D eigenvalue weighted by Gasteiger charge is 2.00. The standard InChI is InChI=1S/C10H11N3/c1-3-8(2)13-11-9-6-4-5-7-10(9)12-13/h3-7H,1-2H3/b8-3+. The maximum Gasteiger partial charge on any atom is 0.113 e. The minimum absolute atomic E-state index is 0.934. The molecule has 3 nitrogen and oxygen atoms in total. The first-order chi connectivity index (χ1) is 6.31. The maximum absolute atomic E-state index is 4.32. The molecule has 0 spiro atoms. The monoisotopic (exact) mass is 173 g/mol. The summed E-state index contributed by atoms with van der Waals surface area (Å²) in [7, 11) is 0. The van der Waals surface area contributed by atoms with Gasteiger partial charge >= 0.3 is 0 Å². The molecule has 13 heavy (non-hydrogen) atoms. The van der Waals surface area contributed by atoms with E-state index in [0.717, 1.165) is 16.7 Å². The lowest BCUT2D eigenvalue weighted by Gasteiger charge is -1.94. The number of benzene rings is 1. The van der Waals surface area contributed by atoms with Crippen LogP contribution < -0.4 is 0 Å². The molecular weight excluding hydrogens is 162 g/mol. The van der Waals surface area contributed by atoms with Crippen molar-refractivity contribution in [2.45, 2.75) is 13.8 Å². The van der Waals surface area contributed by atoms with Crippen LogP contribution in [0.3, 0.4) is 0 Å². The Morgan fingerprint density at radius 2 is 1.77 bits per heavy atom. The van der Waals surface area contributed by atoms with E-state index in [1.165, 1.54) is 0 Å². The van der Waals surface area contributed by atoms with Crippen LogP contribution in [0.5, 0.6) is 0 Å². The summed E-state index contributed by atoms with van der Waals surface area (Å²) in [6, 6.07) is 7.85. The van der Waals surface area contributed by atoms with Gasteiger partial charge in [0.2, 0.25) is 0 Å². The second kappa shape index (κ2) is 3.01. The van der Waals surface area contributed by atoms with Crippen LogP contribution in [0.2, 0.25) is 0 Å². The third kappa shape index (κ3) is 1.33. The lowest BCUT2D eigenvalue weighted by molar-refractivity contribution is 0.778. The average Bonchev–Trinajstić information content (AvgIpc) is 2.59. The molecule has 0 unspecified atom stereocenters. The highest BCUT2D eigenvalue weighted by molar-refractivity contribution is 5.73. The van der Waals surface area contributed by atoms with Crippen molar-refractivity contribution in [3.63, 3.8) is 0 Å². The fraction of sp³-hybridized carbons (Fsp3) is 0.200. The molecule has 3 heteroatoms. The molecule has 1 aromatic heterocycles. The van der Waals surface area contributed by atoms with Crippen LogP contribution in [-0.2, 0) is 0 Å². The van der Waals surface area contributed by atoms with Crippen molar-refractivity contribution in [1.82, 2.24) is 15.0 Å². The van der Waals surface area contributed by atoms with Crippen LogP contribution in [0.4, 0.5) is 0 Å². The van der Waals surface area contributed by atoms with Gasteiger partial charge in [-0.1, -0.05) is 18.2 Å². The molecule has 0 fully saturated rings. The Balaban J connectivity index is 2.62. The van der Waals surface area contributed by atoms with Gasteiger partial charge in [0, 0.05) is 0 Å². The van der Waals surface area contributed by atoms with E-state index in [0.29, 0.717) is 0 Å². The second-order valence-electron chi connectivity index (χ2n) is 2.91. The van der Waals surface area contributed by atoms with E-state index in [1.54, 1.807) is 4.80 Å². The van der Waals surface area contributed by atoms with Gasteiger partial charge in [0.1, 0.15) is 11.0 Å². The molecule has 0 amide bonds. The van der Waals surface area contributed by atoms with Crippen molar-refractivity contribution >= 4 is 16.7 Å². The molecular formula is C10H11N3.